The fourth-order valence-corrected chi connectivity index (χ4v) is 10.2. The van der Waals surface area contributed by atoms with Gasteiger partial charge in [0.1, 0.15) is 17.3 Å². The predicted molar refractivity (Wildman–Crippen MR) is 502 cm³/mol. The third kappa shape index (κ3) is 155. The lowest BCUT2D eigenvalue weighted by Gasteiger charge is -2.22. The fraction of sp³-hybridized carbons (Fsp3) is 0.969. The molecule has 0 aromatic carbocycles. The second-order valence-electron chi connectivity index (χ2n) is 38.9. The number of ether oxygens (including phenoxy) is 2. The van der Waals surface area contributed by atoms with Crippen molar-refractivity contribution in [1.82, 2.24) is 19.6 Å². The van der Waals surface area contributed by atoms with E-state index in [9.17, 15) is 14.4 Å². The van der Waals surface area contributed by atoms with E-state index < -0.39 is 0 Å². The van der Waals surface area contributed by atoms with Gasteiger partial charge in [-0.15, -0.1) is 0 Å². The average Bonchev–Trinajstić information content (AvgIpc) is 1.07. The minimum absolute atomic E-state index is 0.204. The summed E-state index contributed by atoms with van der Waals surface area (Å²) in [6.07, 6.45) is 11.3. The highest BCUT2D eigenvalue weighted by Gasteiger charge is 2.12. The molecule has 0 rings (SSSR count). The maximum absolute atomic E-state index is 11.0. The first-order valence-electron chi connectivity index (χ1n) is 44.3. The van der Waals surface area contributed by atoms with Gasteiger partial charge in [-0.3, -0.25) is 14.4 Å². The van der Waals surface area contributed by atoms with Crippen LogP contribution in [0.1, 0.15) is 390 Å². The van der Waals surface area contributed by atoms with Crippen LogP contribution in [0.5, 0.6) is 0 Å². The van der Waals surface area contributed by atoms with Crippen molar-refractivity contribution in [3.8, 4) is 0 Å². The van der Waals surface area contributed by atoms with Crippen LogP contribution in [0.3, 0.4) is 0 Å². The Morgan fingerprint density at radius 2 is 0.486 bits per heavy atom. The molecule has 0 radical (unpaired) electrons. The molecule has 0 aliphatic carbocycles. The Balaban J connectivity index is -0.0000000921. The van der Waals surface area contributed by atoms with Crippen molar-refractivity contribution in [1.29, 1.82) is 0 Å². The van der Waals surface area contributed by atoms with Gasteiger partial charge in [0.15, 0.2) is 0 Å². The van der Waals surface area contributed by atoms with E-state index in [0.29, 0.717) is 65.6 Å². The molecule has 0 unspecified atom stereocenters. The van der Waals surface area contributed by atoms with E-state index in [4.69, 9.17) is 9.47 Å². The second kappa shape index (κ2) is 89.4. The molecule has 0 aromatic heterocycles. The molecule has 0 saturated carbocycles. The molecule has 0 aliphatic heterocycles. The van der Waals surface area contributed by atoms with Crippen LogP contribution in [-0.2, 0) is 23.9 Å². The summed E-state index contributed by atoms with van der Waals surface area (Å²) in [6.45, 7) is 111. The SMILES string of the molecule is CC(C)C(=O)C(C)C.CC(C)CC(=O)C(C)C.CC(C)CC(=O)C(C)C.CC(C)CC(C)C.CC(C)CCN(C)C(C)C.CC(C)CCN(C)C(C)C.CC(C)CCOC(C)C.CC(C)CCOC(C)C.CC(C)CCSC(C)C.CC(C)CCSC(C)C.CC(C)CN(C)C(C)C.CC(C)CN(C)C(C)C. The van der Waals surface area contributed by atoms with Crippen LogP contribution in [0.2, 0.25) is 0 Å². The summed E-state index contributed by atoms with van der Waals surface area (Å²) in [4.78, 5) is 42.3. The number of hydrogen-bond donors (Lipinski definition) is 0. The highest BCUT2D eigenvalue weighted by molar-refractivity contribution is 8.00. The van der Waals surface area contributed by atoms with Crippen LogP contribution in [0.15, 0.2) is 0 Å². The van der Waals surface area contributed by atoms with Gasteiger partial charge in [-0.05, 0) is 262 Å². The molecule has 0 aromatic rings. The Morgan fingerprint density at radius 1 is 0.262 bits per heavy atom. The smallest absolute Gasteiger partial charge is 0.137 e. The summed E-state index contributed by atoms with van der Waals surface area (Å²) < 4.78 is 10.7. The van der Waals surface area contributed by atoms with E-state index in [0.717, 1.165) is 95.7 Å². The summed E-state index contributed by atoms with van der Waals surface area (Å²) in [5, 5.41) is 1.62. The van der Waals surface area contributed by atoms with Gasteiger partial charge < -0.3 is 29.1 Å². The van der Waals surface area contributed by atoms with Crippen LogP contribution >= 0.6 is 23.5 Å². The van der Waals surface area contributed by atoms with E-state index in [-0.39, 0.29) is 23.7 Å². The Hall–Kier alpha value is -0.530. The van der Waals surface area contributed by atoms with E-state index in [1.807, 2.05) is 55.4 Å². The van der Waals surface area contributed by atoms with E-state index >= 15 is 0 Å². The molecule has 0 aliphatic rings. The number of thioether (sulfide) groups is 2. The van der Waals surface area contributed by atoms with Gasteiger partial charge in [-0.1, -0.05) is 249 Å². The second-order valence-corrected chi connectivity index (χ2v) is 42.3. The first kappa shape index (κ1) is 133. The zero-order valence-electron chi connectivity index (χ0n) is 84.0. The van der Waals surface area contributed by atoms with Crippen LogP contribution < -0.4 is 0 Å². The van der Waals surface area contributed by atoms with E-state index in [1.54, 1.807) is 0 Å². The Morgan fingerprint density at radius 3 is 0.589 bits per heavy atom. The number of ketones is 3. The van der Waals surface area contributed by atoms with Gasteiger partial charge in [0.25, 0.3) is 0 Å². The van der Waals surface area contributed by atoms with Gasteiger partial charge in [0.05, 0.1) is 12.2 Å². The third-order valence-corrected chi connectivity index (χ3v) is 18.4. The minimum Gasteiger partial charge on any atom is -0.379 e. The van der Waals surface area contributed by atoms with Crippen molar-refractivity contribution in [2.24, 2.45) is 94.7 Å². The van der Waals surface area contributed by atoms with Gasteiger partial charge in [-0.25, -0.2) is 0 Å². The Kier molecular flexibility index (Phi) is 111. The average molecular weight is 1570 g/mol. The van der Waals surface area contributed by atoms with Gasteiger partial charge >= 0.3 is 0 Å². The number of rotatable bonds is 40. The quantitative estimate of drug-likeness (QED) is 0.0588. The maximum atomic E-state index is 11.0. The normalized spacial score (nSPS) is 11.4. The summed E-state index contributed by atoms with van der Waals surface area (Å²) in [6, 6.07) is 2.76. The lowest BCUT2D eigenvalue weighted by atomic mass is 9.99. The van der Waals surface area contributed by atoms with Crippen molar-refractivity contribution in [2.45, 2.75) is 437 Å². The monoisotopic (exact) mass is 1570 g/mol. The first-order chi connectivity index (χ1) is 48.4. The van der Waals surface area contributed by atoms with Crippen molar-refractivity contribution in [3.05, 3.63) is 0 Å². The summed E-state index contributed by atoms with van der Waals surface area (Å²) in [7, 11) is 8.72. The van der Waals surface area contributed by atoms with E-state index in [2.05, 4.69) is 348 Å². The number of carbonyl (C=O) groups excluding carboxylic acids is 3. The lowest BCUT2D eigenvalue weighted by Crippen LogP contribution is -2.29. The Bertz CT molecular complexity index is 1530. The highest BCUT2D eigenvalue weighted by Crippen LogP contribution is 2.16. The molecule has 11 heteroatoms. The third-order valence-electron chi connectivity index (χ3n) is 16.1. The van der Waals surface area contributed by atoms with E-state index in [1.165, 1.54) is 82.6 Å². The van der Waals surface area contributed by atoms with Crippen molar-refractivity contribution >= 4 is 40.9 Å². The van der Waals surface area contributed by atoms with Crippen LogP contribution in [-0.4, -0.2) is 163 Å². The zero-order valence-corrected chi connectivity index (χ0v) is 85.7. The predicted octanol–water partition coefficient (Wildman–Crippen LogP) is 29.0. The summed E-state index contributed by atoms with van der Waals surface area (Å²) >= 11 is 4.12. The number of hydrogen-bond acceptors (Lipinski definition) is 11. The number of Topliss-reactive ketones (excluding diaryl/α,β-unsaturated/α-hetero) is 3. The maximum Gasteiger partial charge on any atom is 0.137 e. The molecular formula is C96H214N4O5S2. The molecule has 0 N–H and O–H groups in total. The van der Waals surface area contributed by atoms with Crippen molar-refractivity contribution < 1.29 is 23.9 Å². The molecule has 0 atom stereocenters. The van der Waals surface area contributed by atoms with Gasteiger partial charge in [-0.2, -0.15) is 23.5 Å². The molecular weight excluding hydrogens is 1350 g/mol. The molecule has 0 amide bonds. The molecule has 0 spiro atoms. The molecule has 0 fully saturated rings. The molecule has 0 heterocycles. The molecule has 0 bridgehead atoms. The number of nitrogens with zero attached hydrogens (tertiary/aromatic N) is 4. The molecule has 107 heavy (non-hydrogen) atoms. The van der Waals surface area contributed by atoms with Crippen molar-refractivity contribution in [2.75, 3.05) is 79.1 Å². The molecule has 9 nitrogen and oxygen atoms in total. The lowest BCUT2D eigenvalue weighted by molar-refractivity contribution is -0.125. The summed E-state index contributed by atoms with van der Waals surface area (Å²) in [5.74, 6) is 13.9. The van der Waals surface area contributed by atoms with Gasteiger partial charge in [0, 0.05) is 87.0 Å². The van der Waals surface area contributed by atoms with Crippen LogP contribution in [0.4, 0.5) is 0 Å². The summed E-state index contributed by atoms with van der Waals surface area (Å²) in [5.41, 5.74) is 0. The Labute approximate surface area is 690 Å². The van der Waals surface area contributed by atoms with Crippen molar-refractivity contribution in [3.63, 3.8) is 0 Å². The topological polar surface area (TPSA) is 82.6 Å². The molecule has 0 saturated heterocycles. The number of carbonyl (C=O) groups is 3. The first-order valence-corrected chi connectivity index (χ1v) is 46.4. The van der Waals surface area contributed by atoms with Crippen LogP contribution in [0, 0.1) is 94.7 Å². The standard InChI is InChI=1S/2C9H21N.2C8H19N.2C8H18O.2C8H16O.2C8H18S.C7H14O.C7H16/c2*1-8(2)6-7-10(5)9(3)4;2*1-7(2)6-9(5)8(3)4;2*1-7(2)5-6-9-8(3)4;2*1-6(2)5-8(9)7(3)4;2*1-7(2)5-6-9-8(3)4;1-5(2)7(8)6(3)4;1-6(2)5-7(3)4/h2*8-9H,6-7H2,1-5H3;2*7-8H,6H2,1-5H3;2*7-8H,5-6H2,1-4H3;2*6-7H,5H2,1-4H3;2*7-8H,5-6H2,1-4H3;5-6H,1-4H3;6-7H,5H2,1-4H3. The largest absolute Gasteiger partial charge is 0.379 e. The van der Waals surface area contributed by atoms with Crippen LogP contribution in [0.25, 0.3) is 0 Å². The fourth-order valence-electron chi connectivity index (χ4n) is 8.06. The molecule has 660 valence electrons. The van der Waals surface area contributed by atoms with Gasteiger partial charge in [0.2, 0.25) is 0 Å². The highest BCUT2D eigenvalue weighted by atomic mass is 32.2. The minimum atomic E-state index is 0.204. The zero-order chi connectivity index (χ0) is 87.7.